The van der Waals surface area contributed by atoms with Crippen LogP contribution in [0.2, 0.25) is 0 Å². The van der Waals surface area contributed by atoms with Crippen LogP contribution in [-0.4, -0.2) is 36.6 Å². The van der Waals surface area contributed by atoms with Gasteiger partial charge < -0.3 is 10.2 Å². The summed E-state index contributed by atoms with van der Waals surface area (Å²) in [5.74, 6) is 1.91. The molecule has 1 fully saturated rings. The first kappa shape index (κ1) is 16.1. The lowest BCUT2D eigenvalue weighted by Gasteiger charge is -2.26. The number of hydrogen-bond donors (Lipinski definition) is 1. The molecule has 1 aliphatic carbocycles. The average molecular weight is 314 g/mol. The predicted octanol–water partition coefficient (Wildman–Crippen LogP) is 3.71. The van der Waals surface area contributed by atoms with Crippen molar-refractivity contribution in [2.45, 2.75) is 51.6 Å². The minimum atomic E-state index is 0.593. The van der Waals surface area contributed by atoms with Gasteiger partial charge in [-0.25, -0.2) is 4.98 Å². The van der Waals surface area contributed by atoms with Crippen LogP contribution in [0.15, 0.2) is 0 Å². The predicted molar refractivity (Wildman–Crippen MR) is 92.3 cm³/mol. The fourth-order valence-corrected chi connectivity index (χ4v) is 4.39. The molecule has 0 radical (unpaired) electrons. The van der Waals surface area contributed by atoms with Crippen LogP contribution in [0.3, 0.4) is 0 Å². The van der Waals surface area contributed by atoms with Crippen LogP contribution in [0.5, 0.6) is 0 Å². The lowest BCUT2D eigenvalue weighted by Crippen LogP contribution is -2.33. The van der Waals surface area contributed by atoms with E-state index in [0.29, 0.717) is 6.04 Å². The molecule has 1 saturated carbocycles. The molecule has 1 unspecified atom stereocenters. The van der Waals surface area contributed by atoms with Gasteiger partial charge in [-0.3, -0.25) is 0 Å². The van der Waals surface area contributed by atoms with Crippen LogP contribution in [0, 0.1) is 0 Å². The third-order valence-corrected chi connectivity index (χ3v) is 5.78. The molecule has 1 aromatic rings. The first-order valence-electron chi connectivity index (χ1n) is 7.63. The molecule has 20 heavy (non-hydrogen) atoms. The third kappa shape index (κ3) is 3.89. The van der Waals surface area contributed by atoms with Crippen molar-refractivity contribution >= 4 is 28.2 Å². The van der Waals surface area contributed by atoms with Gasteiger partial charge in [0.15, 0.2) is 5.13 Å². The van der Waals surface area contributed by atoms with Gasteiger partial charge in [0.1, 0.15) is 0 Å². The normalized spacial score (nSPS) is 16.4. The van der Waals surface area contributed by atoms with Gasteiger partial charge in [-0.2, -0.15) is 11.8 Å². The maximum atomic E-state index is 4.97. The quantitative estimate of drug-likeness (QED) is 0.752. The lowest BCUT2D eigenvalue weighted by molar-refractivity contribution is 0.670. The highest BCUT2D eigenvalue weighted by atomic mass is 32.2. The zero-order valence-corrected chi connectivity index (χ0v) is 14.7. The summed E-state index contributed by atoms with van der Waals surface area (Å²) in [6, 6.07) is 0.593. The second-order valence-electron chi connectivity index (χ2n) is 5.49. The van der Waals surface area contributed by atoms with E-state index in [1.807, 2.05) is 23.1 Å². The number of thiazole rings is 1. The zero-order valence-electron chi connectivity index (χ0n) is 13.1. The Bertz CT molecular complexity index is 415. The van der Waals surface area contributed by atoms with Crippen LogP contribution in [-0.2, 0) is 6.54 Å². The molecule has 1 aromatic heterocycles. The summed E-state index contributed by atoms with van der Waals surface area (Å²) < 4.78 is 0. The highest BCUT2D eigenvalue weighted by Crippen LogP contribution is 2.44. The fourth-order valence-electron chi connectivity index (χ4n) is 2.39. The van der Waals surface area contributed by atoms with Crippen molar-refractivity contribution in [3.8, 4) is 0 Å². The summed E-state index contributed by atoms with van der Waals surface area (Å²) in [6.07, 6.45) is 6.02. The number of nitrogens with zero attached hydrogens (tertiary/aromatic N) is 2. The van der Waals surface area contributed by atoms with E-state index in [-0.39, 0.29) is 0 Å². The smallest absolute Gasteiger partial charge is 0.185 e. The SMILES string of the molecule is CCNCc1sc(N(C)C(CC)CSC)nc1C1CC1. The molecule has 1 heterocycles. The van der Waals surface area contributed by atoms with Gasteiger partial charge in [-0.05, 0) is 32.1 Å². The summed E-state index contributed by atoms with van der Waals surface area (Å²) >= 11 is 3.81. The first-order valence-corrected chi connectivity index (χ1v) is 9.84. The van der Waals surface area contributed by atoms with E-state index >= 15 is 0 Å². The summed E-state index contributed by atoms with van der Waals surface area (Å²) in [7, 11) is 2.21. The second kappa shape index (κ2) is 7.66. The van der Waals surface area contributed by atoms with Crippen molar-refractivity contribution < 1.29 is 0 Å². The highest BCUT2D eigenvalue weighted by Gasteiger charge is 2.30. The van der Waals surface area contributed by atoms with Gasteiger partial charge in [-0.15, -0.1) is 11.3 Å². The second-order valence-corrected chi connectivity index (χ2v) is 7.46. The van der Waals surface area contributed by atoms with E-state index in [2.05, 4.69) is 37.4 Å². The standard InChI is InChI=1S/C15H27N3S2/c1-5-12(10-19-4)18(3)15-17-14(11-7-8-11)13(20-15)9-16-6-2/h11-12,16H,5-10H2,1-4H3. The number of thioether (sulfide) groups is 1. The van der Waals surface area contributed by atoms with E-state index in [0.717, 1.165) is 19.0 Å². The van der Waals surface area contributed by atoms with Gasteiger partial charge in [0, 0.05) is 36.2 Å². The lowest BCUT2D eigenvalue weighted by atomic mass is 10.2. The van der Waals surface area contributed by atoms with Crippen molar-refractivity contribution in [1.29, 1.82) is 0 Å². The Labute approximate surface area is 131 Å². The molecular formula is C15H27N3S2. The number of rotatable bonds is 9. The van der Waals surface area contributed by atoms with Gasteiger partial charge >= 0.3 is 0 Å². The van der Waals surface area contributed by atoms with Crippen LogP contribution < -0.4 is 10.2 Å². The van der Waals surface area contributed by atoms with Crippen molar-refractivity contribution in [3.63, 3.8) is 0 Å². The molecule has 0 aromatic carbocycles. The molecule has 3 nitrogen and oxygen atoms in total. The van der Waals surface area contributed by atoms with Crippen LogP contribution in [0.1, 0.15) is 49.6 Å². The van der Waals surface area contributed by atoms with Crippen molar-refractivity contribution in [2.24, 2.45) is 0 Å². The number of hydrogen-bond acceptors (Lipinski definition) is 5. The minimum Gasteiger partial charge on any atom is -0.347 e. The maximum absolute atomic E-state index is 4.97. The maximum Gasteiger partial charge on any atom is 0.185 e. The fraction of sp³-hybridized carbons (Fsp3) is 0.800. The number of anilines is 1. The number of nitrogens with one attached hydrogen (secondary N) is 1. The summed E-state index contributed by atoms with van der Waals surface area (Å²) in [6.45, 7) is 6.44. The van der Waals surface area contributed by atoms with Crippen LogP contribution in [0.25, 0.3) is 0 Å². The van der Waals surface area contributed by atoms with Gasteiger partial charge in [0.05, 0.1) is 5.69 Å². The van der Waals surface area contributed by atoms with E-state index in [4.69, 9.17) is 4.98 Å². The van der Waals surface area contributed by atoms with Crippen molar-refractivity contribution in [1.82, 2.24) is 10.3 Å². The molecule has 1 atom stereocenters. The Kier molecular flexibility index (Phi) is 6.18. The van der Waals surface area contributed by atoms with Gasteiger partial charge in [0.2, 0.25) is 0 Å². The Balaban J connectivity index is 2.14. The summed E-state index contributed by atoms with van der Waals surface area (Å²) in [5, 5.41) is 4.66. The monoisotopic (exact) mass is 313 g/mol. The van der Waals surface area contributed by atoms with Crippen LogP contribution in [0.4, 0.5) is 5.13 Å². The van der Waals surface area contributed by atoms with Gasteiger partial charge in [-0.1, -0.05) is 13.8 Å². The molecule has 1 aliphatic rings. The molecule has 2 rings (SSSR count). The summed E-state index contributed by atoms with van der Waals surface area (Å²) in [5.41, 5.74) is 1.37. The molecule has 114 valence electrons. The highest BCUT2D eigenvalue weighted by molar-refractivity contribution is 7.98. The Hall–Kier alpha value is -0.260. The van der Waals surface area contributed by atoms with E-state index in [9.17, 15) is 0 Å². The molecule has 0 bridgehead atoms. The van der Waals surface area contributed by atoms with E-state index < -0.39 is 0 Å². The molecule has 0 spiro atoms. The van der Waals surface area contributed by atoms with Crippen LogP contribution >= 0.6 is 23.1 Å². The number of aromatic nitrogens is 1. The topological polar surface area (TPSA) is 28.2 Å². The molecule has 1 N–H and O–H groups in total. The minimum absolute atomic E-state index is 0.593. The Morgan fingerprint density at radius 3 is 2.75 bits per heavy atom. The largest absolute Gasteiger partial charge is 0.347 e. The zero-order chi connectivity index (χ0) is 14.5. The summed E-state index contributed by atoms with van der Waals surface area (Å²) in [4.78, 5) is 8.82. The van der Waals surface area contributed by atoms with E-state index in [1.54, 1.807) is 0 Å². The molecule has 0 saturated heterocycles. The third-order valence-electron chi connectivity index (χ3n) is 3.90. The molecule has 0 aliphatic heterocycles. The molecular weight excluding hydrogens is 286 g/mol. The Morgan fingerprint density at radius 1 is 1.45 bits per heavy atom. The Morgan fingerprint density at radius 2 is 2.20 bits per heavy atom. The van der Waals surface area contributed by atoms with Gasteiger partial charge in [0.25, 0.3) is 0 Å². The molecule has 0 amide bonds. The first-order chi connectivity index (χ1) is 9.71. The average Bonchev–Trinajstić information content (AvgIpc) is 3.22. The van der Waals surface area contributed by atoms with E-state index in [1.165, 1.54) is 40.7 Å². The van der Waals surface area contributed by atoms with Crippen molar-refractivity contribution in [3.05, 3.63) is 10.6 Å². The van der Waals surface area contributed by atoms with Crippen molar-refractivity contribution in [2.75, 3.05) is 30.5 Å². The molecule has 5 heteroatoms.